The summed E-state index contributed by atoms with van der Waals surface area (Å²) >= 11 is 8.54. The van der Waals surface area contributed by atoms with Gasteiger partial charge in [-0.15, -0.1) is 0 Å². The minimum atomic E-state index is -0.233. The van der Waals surface area contributed by atoms with Crippen molar-refractivity contribution in [2.24, 2.45) is 0 Å². The fraction of sp³-hybridized carbons (Fsp3) is 0.222. The van der Waals surface area contributed by atoms with Crippen LogP contribution in [0, 0.1) is 0 Å². The molecule has 3 nitrogen and oxygen atoms in total. The first-order valence-corrected chi connectivity index (χ1v) is 8.75. The molecule has 5 heteroatoms. The molecule has 0 spiro atoms. The number of thiocarbonyl (C=S) groups is 1. The number of nitrogens with one attached hydrogen (secondary N) is 2. The second kappa shape index (κ2) is 8.79. The van der Waals surface area contributed by atoms with E-state index in [0.717, 1.165) is 16.6 Å². The highest BCUT2D eigenvalue weighted by molar-refractivity contribution is 9.10. The lowest BCUT2D eigenvalue weighted by molar-refractivity contribution is 0.0977. The van der Waals surface area contributed by atoms with E-state index >= 15 is 0 Å². The number of hydrogen-bond donors (Lipinski definition) is 2. The van der Waals surface area contributed by atoms with Crippen LogP contribution in [0.25, 0.3) is 0 Å². The maximum absolute atomic E-state index is 12.1. The molecular weight excluding hydrogens is 372 g/mol. The van der Waals surface area contributed by atoms with E-state index < -0.39 is 0 Å². The normalized spacial score (nSPS) is 10.2. The van der Waals surface area contributed by atoms with Crippen LogP contribution in [-0.2, 0) is 6.42 Å². The second-order valence-corrected chi connectivity index (χ2v) is 6.54. The van der Waals surface area contributed by atoms with E-state index in [1.807, 2.05) is 24.3 Å². The SMILES string of the molecule is CCCCc1ccc(NC(=S)NC(=O)c2cccc(Br)c2)cc1. The topological polar surface area (TPSA) is 41.1 Å². The highest BCUT2D eigenvalue weighted by Crippen LogP contribution is 2.13. The van der Waals surface area contributed by atoms with E-state index in [1.54, 1.807) is 12.1 Å². The zero-order valence-electron chi connectivity index (χ0n) is 12.9. The van der Waals surface area contributed by atoms with Gasteiger partial charge in [-0.1, -0.05) is 47.5 Å². The van der Waals surface area contributed by atoms with Crippen LogP contribution >= 0.6 is 28.1 Å². The number of aryl methyl sites for hydroxylation is 1. The van der Waals surface area contributed by atoms with Gasteiger partial charge in [0.05, 0.1) is 0 Å². The third-order valence-electron chi connectivity index (χ3n) is 3.34. The van der Waals surface area contributed by atoms with Crippen molar-refractivity contribution in [1.82, 2.24) is 5.32 Å². The molecule has 0 heterocycles. The number of carbonyl (C=O) groups excluding carboxylic acids is 1. The van der Waals surface area contributed by atoms with Crippen molar-refractivity contribution in [2.45, 2.75) is 26.2 Å². The van der Waals surface area contributed by atoms with Gasteiger partial charge in [-0.25, -0.2) is 0 Å². The molecular formula is C18H19BrN2OS. The first kappa shape index (κ1) is 17.6. The Balaban J connectivity index is 1.90. The predicted molar refractivity (Wildman–Crippen MR) is 103 cm³/mol. The maximum atomic E-state index is 12.1. The zero-order chi connectivity index (χ0) is 16.7. The van der Waals surface area contributed by atoms with Gasteiger partial charge in [-0.2, -0.15) is 0 Å². The Morgan fingerprint density at radius 1 is 1.17 bits per heavy atom. The third-order valence-corrected chi connectivity index (χ3v) is 4.04. The lowest BCUT2D eigenvalue weighted by atomic mass is 10.1. The first-order chi connectivity index (χ1) is 11.1. The highest BCUT2D eigenvalue weighted by Gasteiger charge is 2.08. The van der Waals surface area contributed by atoms with E-state index in [2.05, 4.69) is 45.6 Å². The van der Waals surface area contributed by atoms with Gasteiger partial charge < -0.3 is 5.32 Å². The standard InChI is InChI=1S/C18H19BrN2OS/c1-2-3-5-13-8-10-16(11-9-13)20-18(23)21-17(22)14-6-4-7-15(19)12-14/h4,6-12H,2-3,5H2,1H3,(H2,20,21,22,23). The number of halogens is 1. The summed E-state index contributed by atoms with van der Waals surface area (Å²) in [4.78, 5) is 12.1. The minimum Gasteiger partial charge on any atom is -0.332 e. The molecule has 0 bridgehead atoms. The maximum Gasteiger partial charge on any atom is 0.257 e. The molecule has 0 aromatic heterocycles. The molecule has 0 saturated carbocycles. The van der Waals surface area contributed by atoms with Gasteiger partial charge in [0, 0.05) is 15.7 Å². The predicted octanol–water partition coefficient (Wildman–Crippen LogP) is 4.92. The number of rotatable bonds is 5. The molecule has 0 saturated heterocycles. The zero-order valence-corrected chi connectivity index (χ0v) is 15.3. The summed E-state index contributed by atoms with van der Waals surface area (Å²) in [6.07, 6.45) is 3.46. The number of anilines is 1. The fourth-order valence-electron chi connectivity index (χ4n) is 2.10. The molecule has 120 valence electrons. The summed E-state index contributed by atoms with van der Waals surface area (Å²) in [5, 5.41) is 6.00. The van der Waals surface area contributed by atoms with Gasteiger partial charge in [-0.3, -0.25) is 10.1 Å². The molecule has 0 aliphatic heterocycles. The van der Waals surface area contributed by atoms with E-state index in [-0.39, 0.29) is 11.0 Å². The molecule has 2 rings (SSSR count). The van der Waals surface area contributed by atoms with Gasteiger partial charge in [0.25, 0.3) is 5.91 Å². The molecule has 23 heavy (non-hydrogen) atoms. The van der Waals surface area contributed by atoms with Gasteiger partial charge >= 0.3 is 0 Å². The number of amides is 1. The number of benzene rings is 2. The highest BCUT2D eigenvalue weighted by atomic mass is 79.9. The van der Waals surface area contributed by atoms with E-state index in [9.17, 15) is 4.79 Å². The summed E-state index contributed by atoms with van der Waals surface area (Å²) in [6.45, 7) is 2.18. The van der Waals surface area contributed by atoms with Crippen LogP contribution in [0.2, 0.25) is 0 Å². The van der Waals surface area contributed by atoms with Crippen LogP contribution < -0.4 is 10.6 Å². The summed E-state index contributed by atoms with van der Waals surface area (Å²) in [5.41, 5.74) is 2.73. The van der Waals surface area contributed by atoms with Crippen molar-refractivity contribution in [1.29, 1.82) is 0 Å². The van der Waals surface area contributed by atoms with Crippen molar-refractivity contribution < 1.29 is 4.79 Å². The largest absolute Gasteiger partial charge is 0.332 e. The molecule has 0 fully saturated rings. The molecule has 0 aliphatic carbocycles. The molecule has 0 aliphatic rings. The number of carbonyl (C=O) groups is 1. The Hall–Kier alpha value is -1.72. The lowest BCUT2D eigenvalue weighted by Gasteiger charge is -2.10. The van der Waals surface area contributed by atoms with E-state index in [0.29, 0.717) is 5.56 Å². The quantitative estimate of drug-likeness (QED) is 0.711. The lowest BCUT2D eigenvalue weighted by Crippen LogP contribution is -2.34. The average molecular weight is 391 g/mol. The van der Waals surface area contributed by atoms with Crippen molar-refractivity contribution in [3.05, 3.63) is 64.1 Å². The van der Waals surface area contributed by atoms with Crippen LogP contribution in [0.15, 0.2) is 53.0 Å². The van der Waals surface area contributed by atoms with Crippen LogP contribution in [0.5, 0.6) is 0 Å². The summed E-state index contributed by atoms with van der Waals surface area (Å²) in [5.74, 6) is -0.233. The molecule has 2 aromatic carbocycles. The molecule has 0 unspecified atom stereocenters. The van der Waals surface area contributed by atoms with Crippen LogP contribution in [0.1, 0.15) is 35.7 Å². The smallest absolute Gasteiger partial charge is 0.257 e. The van der Waals surface area contributed by atoms with Crippen molar-refractivity contribution in [2.75, 3.05) is 5.32 Å². The monoisotopic (exact) mass is 390 g/mol. The molecule has 1 amide bonds. The van der Waals surface area contributed by atoms with E-state index in [4.69, 9.17) is 12.2 Å². The summed E-state index contributed by atoms with van der Waals surface area (Å²) in [7, 11) is 0. The van der Waals surface area contributed by atoms with Gasteiger partial charge in [0.15, 0.2) is 5.11 Å². The van der Waals surface area contributed by atoms with Crippen LogP contribution in [0.3, 0.4) is 0 Å². The Labute approximate surface area is 150 Å². The Kier molecular flexibility index (Phi) is 6.74. The van der Waals surface area contributed by atoms with Crippen molar-refractivity contribution in [3.63, 3.8) is 0 Å². The minimum absolute atomic E-state index is 0.233. The van der Waals surface area contributed by atoms with Crippen LogP contribution in [-0.4, -0.2) is 11.0 Å². The molecule has 0 radical (unpaired) electrons. The average Bonchev–Trinajstić information content (AvgIpc) is 2.54. The van der Waals surface area contributed by atoms with Gasteiger partial charge in [0.2, 0.25) is 0 Å². The summed E-state index contributed by atoms with van der Waals surface area (Å²) < 4.78 is 0.853. The second-order valence-electron chi connectivity index (χ2n) is 5.22. The number of hydrogen-bond acceptors (Lipinski definition) is 2. The molecule has 2 N–H and O–H groups in total. The van der Waals surface area contributed by atoms with Crippen molar-refractivity contribution in [3.8, 4) is 0 Å². The molecule has 2 aromatic rings. The first-order valence-electron chi connectivity index (χ1n) is 7.55. The summed E-state index contributed by atoms with van der Waals surface area (Å²) in [6, 6.07) is 15.3. The molecule has 0 atom stereocenters. The third kappa shape index (κ3) is 5.77. The number of unbranched alkanes of at least 4 members (excludes halogenated alkanes) is 1. The Morgan fingerprint density at radius 3 is 2.57 bits per heavy atom. The Bertz CT molecular complexity index is 686. The Morgan fingerprint density at radius 2 is 1.91 bits per heavy atom. The fourth-order valence-corrected chi connectivity index (χ4v) is 2.71. The van der Waals surface area contributed by atoms with Gasteiger partial charge in [0.1, 0.15) is 0 Å². The van der Waals surface area contributed by atoms with Crippen LogP contribution in [0.4, 0.5) is 5.69 Å². The van der Waals surface area contributed by atoms with Crippen molar-refractivity contribution >= 4 is 44.9 Å². The van der Waals surface area contributed by atoms with E-state index in [1.165, 1.54) is 18.4 Å². The van der Waals surface area contributed by atoms with Gasteiger partial charge in [-0.05, 0) is 61.0 Å².